The predicted molar refractivity (Wildman–Crippen MR) is 96.7 cm³/mol. The van der Waals surface area contributed by atoms with Crippen molar-refractivity contribution in [1.82, 2.24) is 14.6 Å². The van der Waals surface area contributed by atoms with Crippen molar-refractivity contribution < 1.29 is 13.2 Å². The van der Waals surface area contributed by atoms with Crippen molar-refractivity contribution in [3.05, 3.63) is 46.4 Å². The minimum absolute atomic E-state index is 0.0932. The third-order valence-electron chi connectivity index (χ3n) is 4.02. The number of sulfonamides is 1. The highest BCUT2D eigenvalue weighted by molar-refractivity contribution is 7.89. The zero-order valence-electron chi connectivity index (χ0n) is 14.0. The van der Waals surface area contributed by atoms with E-state index < -0.39 is 10.0 Å². The SMILES string of the molecule is CCc1ccc(CNC(=O)CN(C2CC2)S(=O)(=O)c2cccnc2)s1. The molecule has 1 saturated carbocycles. The summed E-state index contributed by atoms with van der Waals surface area (Å²) >= 11 is 1.66. The summed E-state index contributed by atoms with van der Waals surface area (Å²) in [5.41, 5.74) is 0. The Kier molecular flexibility index (Phi) is 5.51. The van der Waals surface area contributed by atoms with Crippen LogP contribution >= 0.6 is 11.3 Å². The second-order valence-electron chi connectivity index (χ2n) is 5.97. The van der Waals surface area contributed by atoms with Gasteiger partial charge in [-0.05, 0) is 43.5 Å². The Labute approximate surface area is 151 Å². The van der Waals surface area contributed by atoms with Crippen LogP contribution in [0.3, 0.4) is 0 Å². The molecule has 1 N–H and O–H groups in total. The fraction of sp³-hybridized carbons (Fsp3) is 0.412. The maximum absolute atomic E-state index is 12.8. The third-order valence-corrected chi connectivity index (χ3v) is 7.13. The fourth-order valence-corrected chi connectivity index (χ4v) is 5.00. The van der Waals surface area contributed by atoms with Gasteiger partial charge in [-0.1, -0.05) is 6.92 Å². The highest BCUT2D eigenvalue weighted by Gasteiger charge is 2.39. The molecule has 134 valence electrons. The van der Waals surface area contributed by atoms with Gasteiger partial charge in [-0.15, -0.1) is 11.3 Å². The van der Waals surface area contributed by atoms with Crippen LogP contribution in [-0.2, 0) is 27.8 Å². The molecule has 1 fully saturated rings. The standard InChI is InChI=1S/C17H21N3O3S2/c1-2-14-7-8-15(24-14)10-19-17(21)12-20(13-5-6-13)25(22,23)16-4-3-9-18-11-16/h3-4,7-9,11,13H,2,5-6,10,12H2,1H3,(H,19,21). The van der Waals surface area contributed by atoms with Gasteiger partial charge in [0.1, 0.15) is 4.90 Å². The Morgan fingerprint density at radius 1 is 1.32 bits per heavy atom. The van der Waals surface area contributed by atoms with Gasteiger partial charge in [-0.2, -0.15) is 4.31 Å². The van der Waals surface area contributed by atoms with Crippen LogP contribution in [-0.4, -0.2) is 36.2 Å². The van der Waals surface area contributed by atoms with E-state index in [9.17, 15) is 13.2 Å². The minimum atomic E-state index is -3.70. The lowest BCUT2D eigenvalue weighted by Gasteiger charge is -2.21. The average Bonchev–Trinajstić information content (AvgIpc) is 3.35. The first-order valence-electron chi connectivity index (χ1n) is 8.27. The second kappa shape index (κ2) is 7.63. The van der Waals surface area contributed by atoms with Gasteiger partial charge in [-0.3, -0.25) is 9.78 Å². The van der Waals surface area contributed by atoms with E-state index in [4.69, 9.17) is 0 Å². The largest absolute Gasteiger partial charge is 0.350 e. The van der Waals surface area contributed by atoms with Gasteiger partial charge in [0.05, 0.1) is 13.1 Å². The molecule has 0 spiro atoms. The van der Waals surface area contributed by atoms with Gasteiger partial charge in [0.15, 0.2) is 0 Å². The lowest BCUT2D eigenvalue weighted by atomic mass is 10.3. The maximum Gasteiger partial charge on any atom is 0.245 e. The number of thiophene rings is 1. The smallest absolute Gasteiger partial charge is 0.245 e. The first-order chi connectivity index (χ1) is 12.0. The Morgan fingerprint density at radius 2 is 2.08 bits per heavy atom. The first kappa shape index (κ1) is 18.0. The number of rotatable bonds is 8. The summed E-state index contributed by atoms with van der Waals surface area (Å²) in [7, 11) is -3.70. The van der Waals surface area contributed by atoms with Crippen LogP contribution in [0.2, 0.25) is 0 Å². The summed E-state index contributed by atoms with van der Waals surface area (Å²) in [6.07, 6.45) is 5.39. The maximum atomic E-state index is 12.8. The van der Waals surface area contributed by atoms with Crippen molar-refractivity contribution in [3.8, 4) is 0 Å². The zero-order valence-corrected chi connectivity index (χ0v) is 15.6. The number of carbonyl (C=O) groups excluding carboxylic acids is 1. The van der Waals surface area contributed by atoms with E-state index in [2.05, 4.69) is 23.3 Å². The molecule has 1 aliphatic rings. The quantitative estimate of drug-likeness (QED) is 0.762. The van der Waals surface area contributed by atoms with Crippen LogP contribution in [0.4, 0.5) is 0 Å². The molecular weight excluding hydrogens is 358 g/mol. The van der Waals surface area contributed by atoms with Crippen molar-refractivity contribution >= 4 is 27.3 Å². The summed E-state index contributed by atoms with van der Waals surface area (Å²) < 4.78 is 26.8. The van der Waals surface area contributed by atoms with Crippen LogP contribution in [0.5, 0.6) is 0 Å². The number of pyridine rings is 1. The molecule has 0 saturated heterocycles. The Bertz CT molecular complexity index is 830. The average molecular weight is 380 g/mol. The molecule has 2 aromatic heterocycles. The second-order valence-corrected chi connectivity index (χ2v) is 9.11. The molecule has 3 rings (SSSR count). The number of aryl methyl sites for hydroxylation is 1. The Hall–Kier alpha value is -1.77. The van der Waals surface area contributed by atoms with Crippen LogP contribution in [0.1, 0.15) is 29.5 Å². The van der Waals surface area contributed by atoms with E-state index >= 15 is 0 Å². The number of hydrogen-bond acceptors (Lipinski definition) is 5. The zero-order chi connectivity index (χ0) is 17.9. The molecular formula is C17H21N3O3S2. The molecule has 1 aliphatic carbocycles. The van der Waals surface area contributed by atoms with Crippen LogP contribution in [0.25, 0.3) is 0 Å². The van der Waals surface area contributed by atoms with E-state index in [0.29, 0.717) is 6.54 Å². The normalized spacial score (nSPS) is 14.6. The summed E-state index contributed by atoms with van der Waals surface area (Å²) in [6, 6.07) is 7.04. The summed E-state index contributed by atoms with van der Waals surface area (Å²) in [6.45, 7) is 2.36. The summed E-state index contributed by atoms with van der Waals surface area (Å²) in [5, 5.41) is 2.82. The summed E-state index contributed by atoms with van der Waals surface area (Å²) in [4.78, 5) is 18.6. The molecule has 0 aromatic carbocycles. The third kappa shape index (κ3) is 4.45. The molecule has 0 radical (unpaired) electrons. The van der Waals surface area contributed by atoms with Crippen molar-refractivity contribution in [2.75, 3.05) is 6.54 Å². The number of amides is 1. The molecule has 25 heavy (non-hydrogen) atoms. The number of hydrogen-bond donors (Lipinski definition) is 1. The number of carbonyl (C=O) groups is 1. The first-order valence-corrected chi connectivity index (χ1v) is 10.5. The van der Waals surface area contributed by atoms with Gasteiger partial charge in [0, 0.05) is 28.2 Å². The van der Waals surface area contributed by atoms with Crippen molar-refractivity contribution in [3.63, 3.8) is 0 Å². The topological polar surface area (TPSA) is 79.4 Å². The van der Waals surface area contributed by atoms with E-state index in [1.807, 2.05) is 6.07 Å². The van der Waals surface area contributed by atoms with Crippen LogP contribution in [0.15, 0.2) is 41.6 Å². The molecule has 0 atom stereocenters. The Morgan fingerprint density at radius 3 is 2.68 bits per heavy atom. The van der Waals surface area contributed by atoms with Gasteiger partial charge in [-0.25, -0.2) is 8.42 Å². The van der Waals surface area contributed by atoms with Crippen molar-refractivity contribution in [2.45, 2.75) is 43.7 Å². The van der Waals surface area contributed by atoms with Gasteiger partial charge in [0.2, 0.25) is 15.9 Å². The highest BCUT2D eigenvalue weighted by atomic mass is 32.2. The minimum Gasteiger partial charge on any atom is -0.350 e. The molecule has 0 bridgehead atoms. The predicted octanol–water partition coefficient (Wildman–Crippen LogP) is 2.17. The van der Waals surface area contributed by atoms with Crippen LogP contribution < -0.4 is 5.32 Å². The molecule has 2 heterocycles. The monoisotopic (exact) mass is 379 g/mol. The molecule has 6 nitrogen and oxygen atoms in total. The molecule has 0 aliphatic heterocycles. The van der Waals surface area contributed by atoms with E-state index in [1.54, 1.807) is 17.4 Å². The van der Waals surface area contributed by atoms with E-state index in [0.717, 1.165) is 24.1 Å². The van der Waals surface area contributed by atoms with Crippen LogP contribution in [0, 0.1) is 0 Å². The molecule has 1 amide bonds. The lowest BCUT2D eigenvalue weighted by Crippen LogP contribution is -2.41. The fourth-order valence-electron chi connectivity index (χ4n) is 2.50. The van der Waals surface area contributed by atoms with Gasteiger partial charge >= 0.3 is 0 Å². The summed E-state index contributed by atoms with van der Waals surface area (Å²) in [5.74, 6) is -0.286. The van der Waals surface area contributed by atoms with Crippen molar-refractivity contribution in [1.29, 1.82) is 0 Å². The number of nitrogens with zero attached hydrogens (tertiary/aromatic N) is 2. The lowest BCUT2D eigenvalue weighted by molar-refractivity contribution is -0.121. The van der Waals surface area contributed by atoms with Gasteiger partial charge in [0.25, 0.3) is 0 Å². The van der Waals surface area contributed by atoms with E-state index in [-0.39, 0.29) is 23.4 Å². The number of aromatic nitrogens is 1. The molecule has 8 heteroatoms. The molecule has 0 unspecified atom stereocenters. The van der Waals surface area contributed by atoms with Crippen molar-refractivity contribution in [2.24, 2.45) is 0 Å². The number of nitrogens with one attached hydrogen (secondary N) is 1. The van der Waals surface area contributed by atoms with E-state index in [1.165, 1.54) is 27.6 Å². The highest BCUT2D eigenvalue weighted by Crippen LogP contribution is 2.31. The molecule has 2 aromatic rings. The Balaban J connectivity index is 1.65. The van der Waals surface area contributed by atoms with Gasteiger partial charge < -0.3 is 5.32 Å².